The number of benzene rings is 5. The van der Waals surface area contributed by atoms with Crippen LogP contribution in [0.15, 0.2) is 128 Å². The van der Waals surface area contributed by atoms with Crippen LogP contribution in [0.3, 0.4) is 0 Å². The van der Waals surface area contributed by atoms with E-state index in [1.807, 2.05) is 60.0 Å². The zero-order chi connectivity index (χ0) is 26.9. The zero-order valence-electron chi connectivity index (χ0n) is 21.8. The highest BCUT2D eigenvalue weighted by molar-refractivity contribution is 7.25. The van der Waals surface area contributed by atoms with E-state index in [2.05, 4.69) is 88.2 Å². The standard InChI is InChI=1S/C36H21N3OS/c1-4-14-34-26(10-1)28-20-33-27(21-35(28)41-34)25-16-15-24(19-29(25)36-38-31-12-2-3-13-32(31)39(33)36)40-23-9-7-8-22(18-23)30-11-5-6-17-37-30/h1-21H. The average Bonchev–Trinajstić information content (AvgIpc) is 3.59. The zero-order valence-corrected chi connectivity index (χ0v) is 22.6. The summed E-state index contributed by atoms with van der Waals surface area (Å²) in [6.45, 7) is 0. The van der Waals surface area contributed by atoms with E-state index in [9.17, 15) is 0 Å². The van der Waals surface area contributed by atoms with Crippen molar-refractivity contribution in [3.63, 3.8) is 0 Å². The van der Waals surface area contributed by atoms with E-state index in [1.54, 1.807) is 0 Å². The van der Waals surface area contributed by atoms with Gasteiger partial charge in [0.1, 0.15) is 17.1 Å². The van der Waals surface area contributed by atoms with Crippen LogP contribution in [0.25, 0.3) is 69.8 Å². The minimum Gasteiger partial charge on any atom is -0.457 e. The van der Waals surface area contributed by atoms with E-state index in [0.29, 0.717) is 0 Å². The fourth-order valence-electron chi connectivity index (χ4n) is 6.01. The number of imidazole rings is 1. The normalized spacial score (nSPS) is 11.9. The van der Waals surface area contributed by atoms with Crippen LogP contribution in [0.4, 0.5) is 0 Å². The summed E-state index contributed by atoms with van der Waals surface area (Å²) < 4.78 is 11.3. The first kappa shape index (κ1) is 22.5. The van der Waals surface area contributed by atoms with Gasteiger partial charge < -0.3 is 4.74 Å². The molecule has 0 bridgehead atoms. The van der Waals surface area contributed by atoms with Crippen LogP contribution < -0.4 is 4.74 Å². The summed E-state index contributed by atoms with van der Waals surface area (Å²) in [7, 11) is 0. The Hall–Kier alpha value is -5.26. The molecule has 9 rings (SSSR count). The maximum Gasteiger partial charge on any atom is 0.146 e. The van der Waals surface area contributed by atoms with E-state index < -0.39 is 0 Å². The van der Waals surface area contributed by atoms with Gasteiger partial charge in [-0.15, -0.1) is 11.3 Å². The van der Waals surface area contributed by atoms with Crippen molar-refractivity contribution in [2.45, 2.75) is 0 Å². The van der Waals surface area contributed by atoms with Crippen LogP contribution in [0.1, 0.15) is 0 Å². The fourth-order valence-corrected chi connectivity index (χ4v) is 7.13. The lowest BCUT2D eigenvalue weighted by atomic mass is 10.0. The molecule has 0 atom stereocenters. The Morgan fingerprint density at radius 1 is 0.561 bits per heavy atom. The highest BCUT2D eigenvalue weighted by Crippen LogP contribution is 2.41. The molecule has 41 heavy (non-hydrogen) atoms. The van der Waals surface area contributed by atoms with E-state index in [1.165, 1.54) is 25.6 Å². The van der Waals surface area contributed by atoms with Gasteiger partial charge in [0, 0.05) is 42.7 Å². The van der Waals surface area contributed by atoms with Crippen LogP contribution in [0.5, 0.6) is 11.5 Å². The Labute approximate surface area is 238 Å². The number of aromatic nitrogens is 3. The van der Waals surface area contributed by atoms with E-state index >= 15 is 0 Å². The summed E-state index contributed by atoms with van der Waals surface area (Å²) >= 11 is 1.85. The fraction of sp³-hybridized carbons (Fsp3) is 0. The van der Waals surface area contributed by atoms with Gasteiger partial charge in [-0.25, -0.2) is 4.98 Å². The van der Waals surface area contributed by atoms with Crippen molar-refractivity contribution in [3.05, 3.63) is 128 Å². The van der Waals surface area contributed by atoms with Gasteiger partial charge in [-0.1, -0.05) is 48.5 Å². The van der Waals surface area contributed by atoms with Crippen LogP contribution in [0, 0.1) is 0 Å². The molecule has 0 fully saturated rings. The molecule has 0 aliphatic carbocycles. The molecule has 5 aromatic carbocycles. The number of hydrogen-bond donors (Lipinski definition) is 0. The van der Waals surface area contributed by atoms with Gasteiger partial charge in [-0.2, -0.15) is 0 Å². The summed E-state index contributed by atoms with van der Waals surface area (Å²) in [5, 5.41) is 6.01. The molecular weight excluding hydrogens is 522 g/mol. The monoisotopic (exact) mass is 543 g/mol. The molecule has 4 nitrogen and oxygen atoms in total. The molecule has 0 unspecified atom stereocenters. The van der Waals surface area contributed by atoms with Crippen LogP contribution in [-0.2, 0) is 0 Å². The van der Waals surface area contributed by atoms with Crippen LogP contribution in [0.2, 0.25) is 0 Å². The van der Waals surface area contributed by atoms with Gasteiger partial charge in [0.05, 0.1) is 22.2 Å². The van der Waals surface area contributed by atoms with Crippen molar-refractivity contribution < 1.29 is 4.74 Å². The molecule has 0 aliphatic rings. The minimum absolute atomic E-state index is 0.768. The van der Waals surface area contributed by atoms with Gasteiger partial charge in [0.2, 0.25) is 0 Å². The van der Waals surface area contributed by atoms with Crippen molar-refractivity contribution in [2.75, 3.05) is 0 Å². The molecule has 0 N–H and O–H groups in total. The summed E-state index contributed by atoms with van der Waals surface area (Å²) in [6.07, 6.45) is 1.81. The summed E-state index contributed by atoms with van der Waals surface area (Å²) in [6, 6.07) is 42.1. The molecule has 0 saturated heterocycles. The van der Waals surface area contributed by atoms with Gasteiger partial charge in [0.25, 0.3) is 0 Å². The molecule has 0 amide bonds. The molecule has 9 aromatic rings. The number of nitrogens with zero attached hydrogens (tertiary/aromatic N) is 3. The lowest BCUT2D eigenvalue weighted by molar-refractivity contribution is 0.483. The highest BCUT2D eigenvalue weighted by atomic mass is 32.1. The Kier molecular flexibility index (Phi) is 4.74. The topological polar surface area (TPSA) is 39.4 Å². The predicted molar refractivity (Wildman–Crippen MR) is 170 cm³/mol. The largest absolute Gasteiger partial charge is 0.457 e. The number of ether oxygens (including phenoxy) is 1. The van der Waals surface area contributed by atoms with Crippen molar-refractivity contribution in [2.24, 2.45) is 0 Å². The molecule has 0 aliphatic heterocycles. The van der Waals surface area contributed by atoms with Gasteiger partial charge in [-0.05, 0) is 78.2 Å². The van der Waals surface area contributed by atoms with Crippen molar-refractivity contribution >= 4 is 69.9 Å². The number of hydrogen-bond acceptors (Lipinski definition) is 4. The van der Waals surface area contributed by atoms with Gasteiger partial charge in [0.15, 0.2) is 0 Å². The quantitative estimate of drug-likeness (QED) is 0.208. The van der Waals surface area contributed by atoms with Crippen LogP contribution in [-0.4, -0.2) is 14.4 Å². The summed E-state index contributed by atoms with van der Waals surface area (Å²) in [5.74, 6) is 1.54. The summed E-state index contributed by atoms with van der Waals surface area (Å²) in [4.78, 5) is 9.62. The second-order valence-corrected chi connectivity index (χ2v) is 11.4. The molecule has 0 saturated carbocycles. The van der Waals surface area contributed by atoms with Gasteiger partial charge in [-0.3, -0.25) is 9.38 Å². The minimum atomic E-state index is 0.768. The molecule has 4 aromatic heterocycles. The molecule has 192 valence electrons. The second kappa shape index (κ2) is 8.62. The lowest BCUT2D eigenvalue weighted by Gasteiger charge is -2.12. The third-order valence-electron chi connectivity index (χ3n) is 7.85. The smallest absolute Gasteiger partial charge is 0.146 e. The number of fused-ring (bicyclic) bond motifs is 11. The third kappa shape index (κ3) is 3.46. The summed E-state index contributed by atoms with van der Waals surface area (Å²) in [5.41, 5.74) is 6.10. The van der Waals surface area contributed by atoms with Crippen molar-refractivity contribution in [1.82, 2.24) is 14.4 Å². The Morgan fingerprint density at radius 2 is 1.44 bits per heavy atom. The maximum absolute atomic E-state index is 6.43. The number of thiophene rings is 1. The third-order valence-corrected chi connectivity index (χ3v) is 8.98. The number of rotatable bonds is 3. The van der Waals surface area contributed by atoms with Crippen molar-refractivity contribution in [3.8, 4) is 22.8 Å². The SMILES string of the molecule is c1ccc(-c2cccc(Oc3ccc4c5cc6sc7ccccc7c6cc5n5c6ccccc6nc5c4c3)c2)nc1. The van der Waals surface area contributed by atoms with E-state index in [4.69, 9.17) is 9.72 Å². The Morgan fingerprint density at radius 3 is 2.39 bits per heavy atom. The first-order valence-electron chi connectivity index (χ1n) is 13.6. The second-order valence-electron chi connectivity index (χ2n) is 10.3. The molecule has 0 spiro atoms. The maximum atomic E-state index is 6.43. The van der Waals surface area contributed by atoms with Gasteiger partial charge >= 0.3 is 0 Å². The number of para-hydroxylation sites is 2. The Bertz CT molecular complexity index is 2460. The molecular formula is C36H21N3OS. The average molecular weight is 544 g/mol. The molecule has 5 heteroatoms. The van der Waals surface area contributed by atoms with E-state index in [-0.39, 0.29) is 0 Å². The Balaban J connectivity index is 1.29. The van der Waals surface area contributed by atoms with Crippen molar-refractivity contribution in [1.29, 1.82) is 0 Å². The van der Waals surface area contributed by atoms with E-state index in [0.717, 1.165) is 55.7 Å². The first-order chi connectivity index (χ1) is 20.3. The number of pyridine rings is 2. The molecule has 4 heterocycles. The first-order valence-corrected chi connectivity index (χ1v) is 14.4. The molecule has 0 radical (unpaired) electrons. The van der Waals surface area contributed by atoms with Crippen LogP contribution >= 0.6 is 11.3 Å². The lowest BCUT2D eigenvalue weighted by Crippen LogP contribution is -1.93. The highest BCUT2D eigenvalue weighted by Gasteiger charge is 2.17. The predicted octanol–water partition coefficient (Wildman–Crippen LogP) is 10.0.